The summed E-state index contributed by atoms with van der Waals surface area (Å²) in [5, 5.41) is 0. The van der Waals surface area contributed by atoms with Crippen LogP contribution in [0.4, 0.5) is 0 Å². The molecule has 1 aliphatic heterocycles. The molecule has 0 bridgehead atoms. The van der Waals surface area contributed by atoms with Crippen LogP contribution in [0.2, 0.25) is 0 Å². The standard InChI is InChI=1S/C14H12As2/c1-2-6-12(7-3-1)16-13-8-4-5-11-9-10-15-14(11)13/h1-10,15-16H. The van der Waals surface area contributed by atoms with Crippen molar-refractivity contribution in [3.05, 3.63) is 59.0 Å². The van der Waals surface area contributed by atoms with Gasteiger partial charge in [-0.15, -0.1) is 0 Å². The molecule has 0 nitrogen and oxygen atoms in total. The van der Waals surface area contributed by atoms with Gasteiger partial charge in [-0.1, -0.05) is 0 Å². The van der Waals surface area contributed by atoms with Crippen molar-refractivity contribution in [2.45, 2.75) is 0 Å². The third-order valence-electron chi connectivity index (χ3n) is 2.64. The van der Waals surface area contributed by atoms with Crippen LogP contribution in [0.15, 0.2) is 53.4 Å². The van der Waals surface area contributed by atoms with Crippen LogP contribution in [-0.2, 0) is 0 Å². The molecule has 2 atom stereocenters. The molecule has 1 heterocycles. The molecule has 2 heteroatoms. The van der Waals surface area contributed by atoms with Crippen molar-refractivity contribution in [2.24, 2.45) is 0 Å². The predicted molar refractivity (Wildman–Crippen MR) is 75.1 cm³/mol. The van der Waals surface area contributed by atoms with Crippen LogP contribution in [0.3, 0.4) is 0 Å². The Kier molecular flexibility index (Phi) is 3.04. The van der Waals surface area contributed by atoms with Crippen LogP contribution in [0.5, 0.6) is 0 Å². The zero-order chi connectivity index (χ0) is 10.8. The maximum atomic E-state index is 2.39. The molecule has 0 radical (unpaired) electrons. The second kappa shape index (κ2) is 4.66. The molecule has 0 saturated carbocycles. The van der Waals surface area contributed by atoms with Gasteiger partial charge in [-0.2, -0.15) is 0 Å². The van der Waals surface area contributed by atoms with E-state index in [-0.39, 0.29) is 31.5 Å². The Morgan fingerprint density at radius 2 is 1.75 bits per heavy atom. The van der Waals surface area contributed by atoms with Crippen molar-refractivity contribution in [1.29, 1.82) is 0 Å². The molecule has 0 N–H and O–H groups in total. The summed E-state index contributed by atoms with van der Waals surface area (Å²) < 4.78 is 4.87. The van der Waals surface area contributed by atoms with E-state index in [0.717, 1.165) is 0 Å². The van der Waals surface area contributed by atoms with Gasteiger partial charge in [0.25, 0.3) is 0 Å². The van der Waals surface area contributed by atoms with Crippen LogP contribution in [0, 0.1) is 0 Å². The second-order valence-electron chi connectivity index (χ2n) is 3.74. The normalized spacial score (nSPS) is 15.0. The fourth-order valence-corrected chi connectivity index (χ4v) is 7.78. The molecule has 2 unspecified atom stereocenters. The summed E-state index contributed by atoms with van der Waals surface area (Å²) in [4.78, 5) is 2.39. The first kappa shape index (κ1) is 10.5. The molecule has 0 aliphatic carbocycles. The molecular weight excluding hydrogens is 318 g/mol. The third-order valence-corrected chi connectivity index (χ3v) is 8.96. The Bertz CT molecular complexity index is 530. The quantitative estimate of drug-likeness (QED) is 0.687. The van der Waals surface area contributed by atoms with Crippen molar-refractivity contribution in [2.75, 3.05) is 0 Å². The minimum atomic E-state index is -0.130. The van der Waals surface area contributed by atoms with E-state index in [9.17, 15) is 0 Å². The topological polar surface area (TPSA) is 0 Å². The average Bonchev–Trinajstić information content (AvgIpc) is 2.80. The van der Waals surface area contributed by atoms with Crippen molar-refractivity contribution in [1.82, 2.24) is 0 Å². The molecule has 1 aliphatic rings. The van der Waals surface area contributed by atoms with Crippen molar-refractivity contribution in [3.63, 3.8) is 0 Å². The summed E-state index contributed by atoms with van der Waals surface area (Å²) in [5.74, 6) is 0. The fourth-order valence-electron chi connectivity index (χ4n) is 1.87. The summed E-state index contributed by atoms with van der Waals surface area (Å²) in [6.45, 7) is 0. The van der Waals surface area contributed by atoms with E-state index < -0.39 is 0 Å². The number of fused-ring (bicyclic) bond motifs is 1. The first-order valence-corrected chi connectivity index (χ1v) is 9.67. The number of rotatable bonds is 2. The Morgan fingerprint density at radius 3 is 2.62 bits per heavy atom. The van der Waals surface area contributed by atoms with E-state index in [4.69, 9.17) is 0 Å². The molecule has 0 aromatic heterocycles. The van der Waals surface area contributed by atoms with Gasteiger partial charge in [0.2, 0.25) is 0 Å². The Hall–Kier alpha value is -0.703. The van der Waals surface area contributed by atoms with E-state index in [1.807, 2.05) is 0 Å². The number of hydrogen-bond acceptors (Lipinski definition) is 0. The van der Waals surface area contributed by atoms with E-state index in [2.05, 4.69) is 59.5 Å². The Morgan fingerprint density at radius 1 is 0.875 bits per heavy atom. The number of benzene rings is 2. The van der Waals surface area contributed by atoms with Crippen molar-refractivity contribution >= 4 is 50.6 Å². The van der Waals surface area contributed by atoms with E-state index in [1.54, 1.807) is 8.70 Å². The Balaban J connectivity index is 1.95. The van der Waals surface area contributed by atoms with Gasteiger partial charge in [0.05, 0.1) is 0 Å². The monoisotopic (exact) mass is 330 g/mol. The molecule has 2 aromatic rings. The van der Waals surface area contributed by atoms with Gasteiger partial charge in [0.1, 0.15) is 0 Å². The maximum absolute atomic E-state index is 2.39. The molecule has 0 saturated heterocycles. The van der Waals surface area contributed by atoms with Crippen LogP contribution < -0.4 is 13.1 Å². The van der Waals surface area contributed by atoms with Gasteiger partial charge in [0, 0.05) is 0 Å². The molecule has 3 rings (SSSR count). The predicted octanol–water partition coefficient (Wildman–Crippen LogP) is 0.120. The van der Waals surface area contributed by atoms with Gasteiger partial charge in [-0.3, -0.25) is 0 Å². The molecular formula is C14H12As2. The first-order valence-electron chi connectivity index (χ1n) is 5.32. The Labute approximate surface area is 109 Å². The van der Waals surface area contributed by atoms with Crippen LogP contribution in [0.25, 0.3) is 6.08 Å². The first-order chi connectivity index (χ1) is 7.93. The molecule has 2 aromatic carbocycles. The van der Waals surface area contributed by atoms with E-state index in [1.165, 1.54) is 9.91 Å². The third kappa shape index (κ3) is 2.05. The van der Waals surface area contributed by atoms with Crippen molar-refractivity contribution in [3.8, 4) is 0 Å². The van der Waals surface area contributed by atoms with E-state index in [0.29, 0.717) is 0 Å². The summed E-state index contributed by atoms with van der Waals surface area (Å²) in [6, 6.07) is 17.7. The van der Waals surface area contributed by atoms with Crippen LogP contribution in [0.1, 0.15) is 5.56 Å². The molecule has 0 amide bonds. The SMILES string of the molecule is C1=Cc2cccc([AsH]c3ccccc3)c2[AsH]1. The summed E-state index contributed by atoms with van der Waals surface area (Å²) in [5.41, 5.74) is 1.48. The van der Waals surface area contributed by atoms with Gasteiger partial charge < -0.3 is 0 Å². The summed E-state index contributed by atoms with van der Waals surface area (Å²) in [7, 11) is 0. The average molecular weight is 330 g/mol. The van der Waals surface area contributed by atoms with Gasteiger partial charge in [0.15, 0.2) is 0 Å². The minimum absolute atomic E-state index is 0.0204. The van der Waals surface area contributed by atoms with E-state index >= 15 is 0 Å². The fraction of sp³-hybridized carbons (Fsp3) is 0. The molecule has 78 valence electrons. The molecule has 0 spiro atoms. The van der Waals surface area contributed by atoms with Crippen molar-refractivity contribution < 1.29 is 0 Å². The number of hydrogen-bond donors (Lipinski definition) is 0. The second-order valence-corrected chi connectivity index (χ2v) is 8.96. The summed E-state index contributed by atoms with van der Waals surface area (Å²) in [6.07, 6.45) is 2.30. The van der Waals surface area contributed by atoms with Crippen LogP contribution in [-0.4, -0.2) is 31.5 Å². The van der Waals surface area contributed by atoms with Gasteiger partial charge >= 0.3 is 110 Å². The molecule has 0 fully saturated rings. The van der Waals surface area contributed by atoms with Crippen LogP contribution >= 0.6 is 0 Å². The zero-order valence-electron chi connectivity index (χ0n) is 8.77. The molecule has 16 heavy (non-hydrogen) atoms. The van der Waals surface area contributed by atoms with Gasteiger partial charge in [-0.05, 0) is 0 Å². The summed E-state index contributed by atoms with van der Waals surface area (Å²) >= 11 is -0.109. The van der Waals surface area contributed by atoms with Gasteiger partial charge in [-0.25, -0.2) is 0 Å². The zero-order valence-corrected chi connectivity index (χ0v) is 13.0.